The third kappa shape index (κ3) is 3.18. The molecule has 0 aromatic heterocycles. The first-order valence-electron chi connectivity index (χ1n) is 6.62. The Bertz CT molecular complexity index is 394. The second kappa shape index (κ2) is 5.63. The summed E-state index contributed by atoms with van der Waals surface area (Å²) in [5.74, 6) is 0.238. The molecule has 0 unspecified atom stereocenters. The van der Waals surface area contributed by atoms with Crippen molar-refractivity contribution in [1.29, 1.82) is 0 Å². The maximum atomic E-state index is 12.5. The van der Waals surface area contributed by atoms with Gasteiger partial charge in [0.05, 0.1) is 0 Å². The van der Waals surface area contributed by atoms with Crippen molar-refractivity contribution in [3.05, 3.63) is 35.9 Å². The monoisotopic (exact) mass is 246 g/mol. The Morgan fingerprint density at radius 2 is 1.83 bits per heavy atom. The highest BCUT2D eigenvalue weighted by molar-refractivity contribution is 6.00. The lowest BCUT2D eigenvalue weighted by molar-refractivity contribution is 0.0752. The van der Waals surface area contributed by atoms with Crippen LogP contribution in [0.5, 0.6) is 0 Å². The van der Waals surface area contributed by atoms with Gasteiger partial charge in [-0.1, -0.05) is 44.2 Å². The second-order valence-corrected chi connectivity index (χ2v) is 5.61. The summed E-state index contributed by atoms with van der Waals surface area (Å²) in [6.45, 7) is 9.04. The number of hydrogen-bond acceptors (Lipinski definition) is 3. The van der Waals surface area contributed by atoms with Crippen LogP contribution < -0.4 is 5.32 Å². The molecule has 0 spiro atoms. The molecule has 0 amide bonds. The number of hydrogen-bond donors (Lipinski definition) is 1. The van der Waals surface area contributed by atoms with E-state index in [9.17, 15) is 4.79 Å². The normalized spacial score (nSPS) is 17.7. The van der Waals surface area contributed by atoms with Crippen LogP contribution in [0.2, 0.25) is 0 Å². The molecule has 98 valence electrons. The number of piperazine rings is 1. The molecule has 3 nitrogen and oxygen atoms in total. The van der Waals surface area contributed by atoms with Crippen molar-refractivity contribution in [3.63, 3.8) is 0 Å². The van der Waals surface area contributed by atoms with E-state index >= 15 is 0 Å². The van der Waals surface area contributed by atoms with E-state index in [2.05, 4.69) is 10.2 Å². The first-order valence-corrected chi connectivity index (χ1v) is 6.62. The van der Waals surface area contributed by atoms with Crippen LogP contribution in [0.15, 0.2) is 30.3 Å². The number of nitrogens with one attached hydrogen (secondary N) is 1. The zero-order valence-corrected chi connectivity index (χ0v) is 11.3. The predicted molar refractivity (Wildman–Crippen MR) is 73.9 cm³/mol. The zero-order valence-electron chi connectivity index (χ0n) is 11.3. The molecule has 3 heteroatoms. The van der Waals surface area contributed by atoms with E-state index in [4.69, 9.17) is 0 Å². The number of benzene rings is 1. The number of carbonyl (C=O) groups excluding carboxylic acids is 1. The van der Waals surface area contributed by atoms with Crippen molar-refractivity contribution in [2.24, 2.45) is 5.41 Å². The Balaban J connectivity index is 2.03. The van der Waals surface area contributed by atoms with Gasteiger partial charge in [0.1, 0.15) is 0 Å². The molecule has 1 saturated heterocycles. The van der Waals surface area contributed by atoms with Crippen LogP contribution >= 0.6 is 0 Å². The van der Waals surface area contributed by atoms with Crippen LogP contribution in [0.3, 0.4) is 0 Å². The molecule has 0 atom stereocenters. The lowest BCUT2D eigenvalue weighted by atomic mass is 9.83. The quantitative estimate of drug-likeness (QED) is 0.822. The van der Waals surface area contributed by atoms with Gasteiger partial charge in [-0.15, -0.1) is 0 Å². The van der Waals surface area contributed by atoms with Gasteiger partial charge in [-0.2, -0.15) is 0 Å². The van der Waals surface area contributed by atoms with E-state index in [1.54, 1.807) is 0 Å². The molecule has 0 bridgehead atoms. The van der Waals surface area contributed by atoms with Gasteiger partial charge in [0.15, 0.2) is 5.78 Å². The Hall–Kier alpha value is -1.19. The second-order valence-electron chi connectivity index (χ2n) is 5.61. The van der Waals surface area contributed by atoms with Gasteiger partial charge in [-0.3, -0.25) is 9.69 Å². The third-order valence-electron chi connectivity index (χ3n) is 3.48. The molecule has 0 aliphatic carbocycles. The molecule has 1 N–H and O–H groups in total. The Kier molecular flexibility index (Phi) is 4.15. The third-order valence-corrected chi connectivity index (χ3v) is 3.48. The highest BCUT2D eigenvalue weighted by Crippen LogP contribution is 2.23. The average molecular weight is 246 g/mol. The van der Waals surface area contributed by atoms with E-state index in [-0.39, 0.29) is 11.2 Å². The highest BCUT2D eigenvalue weighted by Gasteiger charge is 2.31. The average Bonchev–Trinajstić information content (AvgIpc) is 2.39. The fourth-order valence-electron chi connectivity index (χ4n) is 2.48. The van der Waals surface area contributed by atoms with Gasteiger partial charge >= 0.3 is 0 Å². The summed E-state index contributed by atoms with van der Waals surface area (Å²) >= 11 is 0. The van der Waals surface area contributed by atoms with E-state index in [0.717, 1.165) is 38.3 Å². The maximum Gasteiger partial charge on any atom is 0.169 e. The summed E-state index contributed by atoms with van der Waals surface area (Å²) in [5.41, 5.74) is 0.497. The number of Topliss-reactive ketones (excluding diaryl/α,β-unsaturated/α-hetero) is 1. The van der Waals surface area contributed by atoms with Crippen molar-refractivity contribution in [1.82, 2.24) is 10.2 Å². The van der Waals surface area contributed by atoms with Gasteiger partial charge in [0.2, 0.25) is 0 Å². The number of ketones is 1. The van der Waals surface area contributed by atoms with Gasteiger partial charge in [0.25, 0.3) is 0 Å². The summed E-state index contributed by atoms with van der Waals surface area (Å²) < 4.78 is 0. The first-order chi connectivity index (χ1) is 8.59. The molecule has 0 saturated carbocycles. The van der Waals surface area contributed by atoms with Gasteiger partial charge < -0.3 is 5.32 Å². The minimum absolute atomic E-state index is 0.238. The van der Waals surface area contributed by atoms with Crippen LogP contribution in [-0.2, 0) is 0 Å². The van der Waals surface area contributed by atoms with Crippen LogP contribution in [0.25, 0.3) is 0 Å². The van der Waals surface area contributed by atoms with E-state index in [0.29, 0.717) is 0 Å². The smallest absolute Gasteiger partial charge is 0.169 e. The highest BCUT2D eigenvalue weighted by atomic mass is 16.1. The molecule has 1 aromatic carbocycles. The fraction of sp³-hybridized carbons (Fsp3) is 0.533. The number of carbonyl (C=O) groups is 1. The van der Waals surface area contributed by atoms with E-state index in [1.807, 2.05) is 44.2 Å². The Morgan fingerprint density at radius 1 is 1.22 bits per heavy atom. The predicted octanol–water partition coefficient (Wildman–Crippen LogP) is 1.80. The van der Waals surface area contributed by atoms with Gasteiger partial charge in [-0.25, -0.2) is 0 Å². The first kappa shape index (κ1) is 13.2. The number of nitrogens with zero attached hydrogens (tertiary/aromatic N) is 1. The van der Waals surface area contributed by atoms with Crippen LogP contribution in [0, 0.1) is 5.41 Å². The molecule has 1 fully saturated rings. The molecule has 2 rings (SSSR count). The molecule has 1 aliphatic rings. The zero-order chi connectivity index (χ0) is 13.0. The molecule has 1 heterocycles. The lowest BCUT2D eigenvalue weighted by Crippen LogP contribution is -2.48. The molecular weight excluding hydrogens is 224 g/mol. The van der Waals surface area contributed by atoms with Gasteiger partial charge in [-0.05, 0) is 0 Å². The van der Waals surface area contributed by atoms with Gasteiger partial charge in [0, 0.05) is 43.7 Å². The van der Waals surface area contributed by atoms with Crippen molar-refractivity contribution in [2.45, 2.75) is 13.8 Å². The van der Waals surface area contributed by atoms with Crippen molar-refractivity contribution >= 4 is 5.78 Å². The molecular formula is C15H22N2O. The Morgan fingerprint density at radius 3 is 2.44 bits per heavy atom. The lowest BCUT2D eigenvalue weighted by Gasteiger charge is -2.34. The van der Waals surface area contributed by atoms with Crippen LogP contribution in [0.1, 0.15) is 24.2 Å². The molecule has 1 aliphatic heterocycles. The summed E-state index contributed by atoms with van der Waals surface area (Å²) in [7, 11) is 0. The largest absolute Gasteiger partial charge is 0.314 e. The van der Waals surface area contributed by atoms with Crippen molar-refractivity contribution in [2.75, 3.05) is 32.7 Å². The number of rotatable bonds is 4. The summed E-state index contributed by atoms with van der Waals surface area (Å²) in [6, 6.07) is 9.60. The van der Waals surface area contributed by atoms with Crippen LogP contribution in [-0.4, -0.2) is 43.4 Å². The maximum absolute atomic E-state index is 12.5. The minimum Gasteiger partial charge on any atom is -0.314 e. The summed E-state index contributed by atoms with van der Waals surface area (Å²) in [5, 5.41) is 3.33. The van der Waals surface area contributed by atoms with Crippen molar-refractivity contribution in [3.8, 4) is 0 Å². The minimum atomic E-state index is -0.321. The van der Waals surface area contributed by atoms with E-state index < -0.39 is 0 Å². The van der Waals surface area contributed by atoms with Crippen LogP contribution in [0.4, 0.5) is 0 Å². The Labute approximate surface area is 109 Å². The molecule has 0 radical (unpaired) electrons. The standard InChI is InChI=1S/C15H22N2O/c1-15(2,12-17-10-8-16-9-11-17)14(18)13-6-4-3-5-7-13/h3-7,16H,8-12H2,1-2H3. The fourth-order valence-corrected chi connectivity index (χ4v) is 2.48. The van der Waals surface area contributed by atoms with Crippen molar-refractivity contribution < 1.29 is 4.79 Å². The molecule has 1 aromatic rings. The summed E-state index contributed by atoms with van der Waals surface area (Å²) in [4.78, 5) is 14.9. The SMILES string of the molecule is CC(C)(CN1CCNCC1)C(=O)c1ccccc1. The van der Waals surface area contributed by atoms with E-state index in [1.165, 1.54) is 0 Å². The summed E-state index contributed by atoms with van der Waals surface area (Å²) in [6.07, 6.45) is 0. The topological polar surface area (TPSA) is 32.3 Å². The molecule has 18 heavy (non-hydrogen) atoms.